The molecule has 0 aliphatic carbocycles. The zero-order valence-corrected chi connectivity index (χ0v) is 19.0. The van der Waals surface area contributed by atoms with Crippen molar-refractivity contribution in [2.75, 3.05) is 5.32 Å². The number of carbonyl (C=O) groups is 3. The number of oxazole rings is 1. The van der Waals surface area contributed by atoms with E-state index in [4.69, 9.17) is 21.1 Å². The average molecular weight is 513 g/mol. The number of ketones is 1. The van der Waals surface area contributed by atoms with Gasteiger partial charge in [-0.25, -0.2) is 9.78 Å². The number of nitriles is 1. The molecule has 2 N–H and O–H groups in total. The summed E-state index contributed by atoms with van der Waals surface area (Å²) in [6, 6.07) is 7.98. The second kappa shape index (κ2) is 9.75. The SMILES string of the molecule is N#Cc1cc(-c2cc(NCc3ccc(Cl)s3)n(C(=O)c3ncco3)n2)cn(CC(=O)C(=O)O)c1=O. The molecule has 0 aliphatic rings. The maximum atomic E-state index is 12.9. The third-order valence-electron chi connectivity index (χ3n) is 4.64. The molecule has 0 amide bonds. The van der Waals surface area contributed by atoms with Crippen molar-refractivity contribution in [2.24, 2.45) is 0 Å². The summed E-state index contributed by atoms with van der Waals surface area (Å²) in [5.41, 5.74) is -0.823. The van der Waals surface area contributed by atoms with Gasteiger partial charge in [0.2, 0.25) is 0 Å². The van der Waals surface area contributed by atoms with Gasteiger partial charge in [0.1, 0.15) is 23.7 Å². The van der Waals surface area contributed by atoms with E-state index in [0.29, 0.717) is 10.9 Å². The molecule has 4 heterocycles. The Morgan fingerprint density at radius 2 is 2.09 bits per heavy atom. The van der Waals surface area contributed by atoms with E-state index in [2.05, 4.69) is 15.4 Å². The van der Waals surface area contributed by atoms with E-state index in [1.807, 2.05) is 6.07 Å². The molecule has 176 valence electrons. The van der Waals surface area contributed by atoms with E-state index >= 15 is 0 Å². The first-order valence-corrected chi connectivity index (χ1v) is 10.9. The van der Waals surface area contributed by atoms with Crippen molar-refractivity contribution >= 4 is 46.4 Å². The Morgan fingerprint density at radius 1 is 1.29 bits per heavy atom. The number of anilines is 1. The maximum Gasteiger partial charge on any atom is 0.374 e. The fourth-order valence-electron chi connectivity index (χ4n) is 3.04. The molecule has 0 saturated heterocycles. The Balaban J connectivity index is 1.77. The first kappa shape index (κ1) is 23.6. The standard InChI is InChI=1S/C21H13ClN6O6S/c22-16-2-1-13(35-16)8-25-17-6-14(26-28(17)20(31)18-24-3-4-34-18)12-5-11(7-23)19(30)27(9-12)10-15(29)21(32)33/h1-6,9,25H,8,10H2,(H,32,33). The van der Waals surface area contributed by atoms with Gasteiger partial charge < -0.3 is 19.4 Å². The number of halogens is 1. The highest BCUT2D eigenvalue weighted by Crippen LogP contribution is 2.26. The minimum atomic E-state index is -1.72. The summed E-state index contributed by atoms with van der Waals surface area (Å²) in [4.78, 5) is 52.7. The highest BCUT2D eigenvalue weighted by Gasteiger charge is 2.22. The Morgan fingerprint density at radius 3 is 2.71 bits per heavy atom. The number of thiophene rings is 1. The van der Waals surface area contributed by atoms with E-state index < -0.39 is 29.8 Å². The second-order valence-electron chi connectivity index (χ2n) is 6.94. The summed E-state index contributed by atoms with van der Waals surface area (Å²) in [7, 11) is 0. The van der Waals surface area contributed by atoms with Gasteiger partial charge in [0.15, 0.2) is 0 Å². The number of Topliss-reactive ketones (excluding diaryl/α,β-unsaturated/α-hetero) is 1. The number of carbonyl (C=O) groups excluding carboxylic acids is 2. The third kappa shape index (κ3) is 5.03. The molecule has 4 aromatic rings. The van der Waals surface area contributed by atoms with E-state index in [0.717, 1.165) is 14.1 Å². The van der Waals surface area contributed by atoms with Crippen molar-refractivity contribution in [1.82, 2.24) is 19.3 Å². The van der Waals surface area contributed by atoms with Gasteiger partial charge in [-0.3, -0.25) is 14.4 Å². The number of aliphatic carboxylic acids is 1. The van der Waals surface area contributed by atoms with Crippen LogP contribution < -0.4 is 10.9 Å². The van der Waals surface area contributed by atoms with E-state index in [1.54, 1.807) is 12.1 Å². The molecule has 35 heavy (non-hydrogen) atoms. The fraction of sp³-hybridized carbons (Fsp3) is 0.0952. The van der Waals surface area contributed by atoms with Gasteiger partial charge in [0, 0.05) is 22.7 Å². The number of aromatic nitrogens is 4. The minimum Gasteiger partial charge on any atom is -0.475 e. The predicted molar refractivity (Wildman–Crippen MR) is 122 cm³/mol. The minimum absolute atomic E-state index is 0.157. The fourth-order valence-corrected chi connectivity index (χ4v) is 4.07. The monoisotopic (exact) mass is 512 g/mol. The van der Waals surface area contributed by atoms with E-state index in [1.165, 1.54) is 42.1 Å². The molecule has 0 aromatic carbocycles. The summed E-state index contributed by atoms with van der Waals surface area (Å²) in [5.74, 6) is -3.64. The number of hydrogen-bond acceptors (Lipinski definition) is 10. The quantitative estimate of drug-likeness (QED) is 0.333. The van der Waals surface area contributed by atoms with Gasteiger partial charge >= 0.3 is 11.9 Å². The van der Waals surface area contributed by atoms with Gasteiger partial charge in [-0.2, -0.15) is 15.0 Å². The molecule has 14 heteroatoms. The molecule has 0 bridgehead atoms. The summed E-state index contributed by atoms with van der Waals surface area (Å²) in [6.07, 6.45) is 3.72. The number of carboxylic acids is 1. The second-order valence-corrected chi connectivity index (χ2v) is 8.74. The molecule has 4 aromatic heterocycles. The summed E-state index contributed by atoms with van der Waals surface area (Å²) >= 11 is 7.31. The molecule has 0 unspecified atom stereocenters. The average Bonchev–Trinajstić information content (AvgIpc) is 3.59. The van der Waals surface area contributed by atoms with Crippen molar-refractivity contribution in [2.45, 2.75) is 13.1 Å². The van der Waals surface area contributed by atoms with Crippen molar-refractivity contribution < 1.29 is 23.9 Å². The topological polar surface area (TPSA) is 173 Å². The van der Waals surface area contributed by atoms with Gasteiger partial charge in [-0.15, -0.1) is 11.3 Å². The highest BCUT2D eigenvalue weighted by atomic mass is 35.5. The lowest BCUT2D eigenvalue weighted by molar-refractivity contribution is -0.149. The lowest BCUT2D eigenvalue weighted by Gasteiger charge is -2.06. The van der Waals surface area contributed by atoms with Crippen LogP contribution in [0.3, 0.4) is 0 Å². The lowest BCUT2D eigenvalue weighted by atomic mass is 10.1. The van der Waals surface area contributed by atoms with Gasteiger partial charge in [-0.05, 0) is 18.2 Å². The number of hydrogen-bond donors (Lipinski definition) is 2. The number of carboxylic acid groups (broad SMARTS) is 1. The molecule has 12 nitrogen and oxygen atoms in total. The number of nitrogens with zero attached hydrogens (tertiary/aromatic N) is 5. The smallest absolute Gasteiger partial charge is 0.374 e. The number of rotatable bonds is 8. The molecular formula is C21H13ClN6O6S. The Hall–Kier alpha value is -4.54. The van der Waals surface area contributed by atoms with Crippen LogP contribution in [0.5, 0.6) is 0 Å². The van der Waals surface area contributed by atoms with Crippen LogP contribution in [0.2, 0.25) is 4.34 Å². The highest BCUT2D eigenvalue weighted by molar-refractivity contribution is 7.16. The third-order valence-corrected chi connectivity index (χ3v) is 5.88. The number of nitrogens with one attached hydrogen (secondary N) is 1. The predicted octanol–water partition coefficient (Wildman–Crippen LogP) is 2.24. The van der Waals surface area contributed by atoms with Crippen LogP contribution in [0.1, 0.15) is 21.1 Å². The van der Waals surface area contributed by atoms with Crippen molar-refractivity contribution in [3.05, 3.63) is 73.9 Å². The Labute approximate surface area is 204 Å². The summed E-state index contributed by atoms with van der Waals surface area (Å²) < 4.78 is 7.47. The van der Waals surface area contributed by atoms with E-state index in [9.17, 15) is 24.4 Å². The summed E-state index contributed by atoms with van der Waals surface area (Å²) in [6.45, 7) is -0.478. The molecule has 0 spiro atoms. The molecule has 0 fully saturated rings. The lowest BCUT2D eigenvalue weighted by Crippen LogP contribution is -2.29. The summed E-state index contributed by atoms with van der Waals surface area (Å²) in [5, 5.41) is 25.6. The van der Waals surface area contributed by atoms with Crippen LogP contribution in [0.25, 0.3) is 11.3 Å². The van der Waals surface area contributed by atoms with Crippen LogP contribution in [-0.2, 0) is 22.7 Å². The normalized spacial score (nSPS) is 10.6. The molecule has 0 radical (unpaired) electrons. The zero-order chi connectivity index (χ0) is 25.1. The maximum absolute atomic E-state index is 12.9. The molecule has 4 rings (SSSR count). The van der Waals surface area contributed by atoms with Crippen LogP contribution >= 0.6 is 22.9 Å². The van der Waals surface area contributed by atoms with Crippen LogP contribution in [-0.4, -0.2) is 42.1 Å². The zero-order valence-electron chi connectivity index (χ0n) is 17.5. The van der Waals surface area contributed by atoms with Crippen LogP contribution in [0.15, 0.2) is 52.1 Å². The Kier molecular flexibility index (Phi) is 6.58. The van der Waals surface area contributed by atoms with Gasteiger partial charge in [0.05, 0.1) is 29.3 Å². The molecular weight excluding hydrogens is 500 g/mol. The Bertz CT molecular complexity index is 1540. The number of pyridine rings is 1. The van der Waals surface area contributed by atoms with Crippen LogP contribution in [0.4, 0.5) is 5.82 Å². The first-order valence-electron chi connectivity index (χ1n) is 9.70. The van der Waals surface area contributed by atoms with Gasteiger partial charge in [0.25, 0.3) is 17.2 Å². The van der Waals surface area contributed by atoms with Gasteiger partial charge in [-0.1, -0.05) is 11.6 Å². The first-order chi connectivity index (χ1) is 16.8. The molecule has 0 saturated carbocycles. The molecule has 0 aliphatic heterocycles. The van der Waals surface area contributed by atoms with E-state index in [-0.39, 0.29) is 28.5 Å². The molecule has 0 atom stereocenters. The van der Waals surface area contributed by atoms with Crippen molar-refractivity contribution in [3.8, 4) is 17.3 Å². The largest absolute Gasteiger partial charge is 0.475 e. The van der Waals surface area contributed by atoms with Crippen molar-refractivity contribution in [1.29, 1.82) is 5.26 Å². The van der Waals surface area contributed by atoms with Crippen molar-refractivity contribution in [3.63, 3.8) is 0 Å². The van der Waals surface area contributed by atoms with Crippen LogP contribution in [0, 0.1) is 11.3 Å².